The predicted molar refractivity (Wildman–Crippen MR) is 143 cm³/mol. The number of hydrogen-bond donors (Lipinski definition) is 1. The number of amides is 2. The van der Waals surface area contributed by atoms with Gasteiger partial charge in [0.05, 0.1) is 10.0 Å². The van der Waals surface area contributed by atoms with Crippen LogP contribution in [0, 0.1) is 5.82 Å². The number of hydrogen-bond acceptors (Lipinski definition) is 3. The lowest BCUT2D eigenvalue weighted by atomic mass is 10.0. The first-order valence-corrected chi connectivity index (χ1v) is 13.1. The molecule has 0 aromatic heterocycles. The van der Waals surface area contributed by atoms with Crippen molar-refractivity contribution in [3.8, 4) is 5.75 Å². The van der Waals surface area contributed by atoms with Gasteiger partial charge in [0.15, 0.2) is 6.61 Å². The summed E-state index contributed by atoms with van der Waals surface area (Å²) in [5.41, 5.74) is 1.66. The number of benzene rings is 3. The summed E-state index contributed by atoms with van der Waals surface area (Å²) in [5, 5.41) is 3.93. The highest BCUT2D eigenvalue weighted by molar-refractivity contribution is 6.42. The van der Waals surface area contributed by atoms with Crippen LogP contribution in [-0.4, -0.2) is 35.4 Å². The van der Waals surface area contributed by atoms with E-state index in [0.717, 1.165) is 36.8 Å². The van der Waals surface area contributed by atoms with E-state index in [1.165, 1.54) is 29.2 Å². The summed E-state index contributed by atoms with van der Waals surface area (Å²) < 4.78 is 19.0. The van der Waals surface area contributed by atoms with Crippen LogP contribution in [-0.2, 0) is 22.6 Å². The Balaban J connectivity index is 1.62. The molecule has 1 atom stereocenters. The fraction of sp³-hybridized carbons (Fsp3) is 0.310. The highest BCUT2D eigenvalue weighted by atomic mass is 35.5. The van der Waals surface area contributed by atoms with Crippen molar-refractivity contribution in [2.75, 3.05) is 6.61 Å². The number of rotatable bonds is 10. The first-order valence-electron chi connectivity index (χ1n) is 12.3. The predicted octanol–water partition coefficient (Wildman–Crippen LogP) is 6.21. The molecule has 0 spiro atoms. The van der Waals surface area contributed by atoms with Gasteiger partial charge in [-0.15, -0.1) is 0 Å². The van der Waals surface area contributed by atoms with Gasteiger partial charge in [-0.3, -0.25) is 9.59 Å². The second kappa shape index (κ2) is 12.9. The van der Waals surface area contributed by atoms with E-state index < -0.39 is 11.9 Å². The smallest absolute Gasteiger partial charge is 0.261 e. The number of carbonyl (C=O) groups excluding carboxylic acids is 2. The van der Waals surface area contributed by atoms with Gasteiger partial charge >= 0.3 is 0 Å². The second-order valence-corrected chi connectivity index (χ2v) is 10.0. The van der Waals surface area contributed by atoms with E-state index in [1.807, 2.05) is 30.3 Å². The zero-order valence-corrected chi connectivity index (χ0v) is 21.9. The molecule has 194 valence electrons. The standard InChI is InChI=1S/C29H29Cl2FN2O3/c30-25-15-10-21(16-26(25)31)18-34(28(35)19-37-24-13-11-22(32)12-14-24)27(17-20-6-2-1-3-7-20)29(36)33-23-8-4-5-9-23/h1-3,6-7,10-16,23,27H,4-5,8-9,17-19H2,(H,33,36)/t27-/m1/s1. The molecule has 0 radical (unpaired) electrons. The van der Waals surface area contributed by atoms with Crippen molar-refractivity contribution in [3.63, 3.8) is 0 Å². The van der Waals surface area contributed by atoms with E-state index in [0.29, 0.717) is 22.2 Å². The van der Waals surface area contributed by atoms with E-state index in [-0.39, 0.29) is 31.0 Å². The second-order valence-electron chi connectivity index (χ2n) is 9.21. The Morgan fingerprint density at radius 3 is 2.32 bits per heavy atom. The van der Waals surface area contributed by atoms with Crippen LogP contribution < -0.4 is 10.1 Å². The minimum Gasteiger partial charge on any atom is -0.484 e. The Kier molecular flexibility index (Phi) is 9.42. The Hall–Kier alpha value is -3.09. The molecule has 37 heavy (non-hydrogen) atoms. The summed E-state index contributed by atoms with van der Waals surface area (Å²) in [6.45, 7) is -0.174. The first-order chi connectivity index (χ1) is 17.9. The monoisotopic (exact) mass is 542 g/mol. The van der Waals surface area contributed by atoms with Crippen LogP contribution >= 0.6 is 23.2 Å². The third kappa shape index (κ3) is 7.70. The van der Waals surface area contributed by atoms with E-state index in [9.17, 15) is 14.0 Å². The molecule has 2 amide bonds. The Morgan fingerprint density at radius 2 is 1.65 bits per heavy atom. The summed E-state index contributed by atoms with van der Waals surface area (Å²) in [6.07, 6.45) is 4.34. The molecular formula is C29H29Cl2FN2O3. The molecular weight excluding hydrogens is 514 g/mol. The summed E-state index contributed by atoms with van der Waals surface area (Å²) in [7, 11) is 0. The van der Waals surface area contributed by atoms with Crippen LogP contribution in [0.1, 0.15) is 36.8 Å². The molecule has 0 heterocycles. The number of nitrogens with one attached hydrogen (secondary N) is 1. The SMILES string of the molecule is O=C(NC1CCCC1)[C@@H](Cc1ccccc1)N(Cc1ccc(Cl)c(Cl)c1)C(=O)COc1ccc(F)cc1. The number of halogens is 3. The normalized spacial score (nSPS) is 14.2. The van der Waals surface area contributed by atoms with E-state index in [2.05, 4.69) is 5.32 Å². The average Bonchev–Trinajstić information content (AvgIpc) is 3.41. The molecule has 1 aliphatic carbocycles. The highest BCUT2D eigenvalue weighted by Gasteiger charge is 2.32. The van der Waals surface area contributed by atoms with Crippen molar-refractivity contribution in [1.29, 1.82) is 0 Å². The molecule has 5 nitrogen and oxygen atoms in total. The summed E-state index contributed by atoms with van der Waals surface area (Å²) in [6, 6.07) is 19.5. The third-order valence-corrected chi connectivity index (χ3v) is 7.22. The van der Waals surface area contributed by atoms with Crippen LogP contribution in [0.5, 0.6) is 5.75 Å². The van der Waals surface area contributed by atoms with Gasteiger partial charge in [0.2, 0.25) is 5.91 Å². The van der Waals surface area contributed by atoms with E-state index >= 15 is 0 Å². The third-order valence-electron chi connectivity index (χ3n) is 6.49. The average molecular weight is 543 g/mol. The Morgan fingerprint density at radius 1 is 0.946 bits per heavy atom. The number of nitrogens with zero attached hydrogens (tertiary/aromatic N) is 1. The maximum absolute atomic E-state index is 13.6. The van der Waals surface area contributed by atoms with Crippen molar-refractivity contribution in [2.24, 2.45) is 0 Å². The molecule has 4 rings (SSSR count). The van der Waals surface area contributed by atoms with Gasteiger partial charge < -0.3 is 15.0 Å². The van der Waals surface area contributed by atoms with Crippen LogP contribution in [0.25, 0.3) is 0 Å². The minimum absolute atomic E-state index is 0.100. The van der Waals surface area contributed by atoms with Gasteiger partial charge in [0.1, 0.15) is 17.6 Å². The molecule has 0 unspecified atom stereocenters. The highest BCUT2D eigenvalue weighted by Crippen LogP contribution is 2.25. The molecule has 1 aliphatic rings. The van der Waals surface area contributed by atoms with Crippen LogP contribution in [0.15, 0.2) is 72.8 Å². The maximum Gasteiger partial charge on any atom is 0.261 e. The molecule has 3 aromatic rings. The number of carbonyl (C=O) groups is 2. The molecule has 8 heteroatoms. The number of ether oxygens (including phenoxy) is 1. The maximum atomic E-state index is 13.6. The molecule has 3 aromatic carbocycles. The molecule has 1 saturated carbocycles. The van der Waals surface area contributed by atoms with Crippen molar-refractivity contribution in [2.45, 2.75) is 50.7 Å². The molecule has 0 bridgehead atoms. The van der Waals surface area contributed by atoms with Gasteiger partial charge in [-0.1, -0.05) is 72.4 Å². The van der Waals surface area contributed by atoms with Gasteiger partial charge in [-0.05, 0) is 60.4 Å². The van der Waals surface area contributed by atoms with Crippen molar-refractivity contribution >= 4 is 35.0 Å². The van der Waals surface area contributed by atoms with Crippen molar-refractivity contribution in [1.82, 2.24) is 10.2 Å². The fourth-order valence-corrected chi connectivity index (χ4v) is 4.84. The molecule has 1 fully saturated rings. The topological polar surface area (TPSA) is 58.6 Å². The van der Waals surface area contributed by atoms with Gasteiger partial charge in [0, 0.05) is 19.0 Å². The lowest BCUT2D eigenvalue weighted by Crippen LogP contribution is -2.53. The lowest BCUT2D eigenvalue weighted by molar-refractivity contribution is -0.143. The summed E-state index contributed by atoms with van der Waals surface area (Å²) >= 11 is 12.3. The molecule has 1 N–H and O–H groups in total. The molecule has 0 aliphatic heterocycles. The minimum atomic E-state index is -0.776. The zero-order chi connectivity index (χ0) is 26.2. The van der Waals surface area contributed by atoms with Crippen molar-refractivity contribution < 1.29 is 18.7 Å². The first kappa shape index (κ1) is 27.0. The van der Waals surface area contributed by atoms with Gasteiger partial charge in [-0.25, -0.2) is 4.39 Å². The van der Waals surface area contributed by atoms with Crippen LogP contribution in [0.3, 0.4) is 0 Å². The van der Waals surface area contributed by atoms with Gasteiger partial charge in [-0.2, -0.15) is 0 Å². The van der Waals surface area contributed by atoms with Crippen molar-refractivity contribution in [3.05, 3.63) is 99.8 Å². The fourth-order valence-electron chi connectivity index (χ4n) is 4.51. The van der Waals surface area contributed by atoms with E-state index in [4.69, 9.17) is 27.9 Å². The quantitative estimate of drug-likeness (QED) is 0.331. The van der Waals surface area contributed by atoms with E-state index in [1.54, 1.807) is 18.2 Å². The summed E-state index contributed by atoms with van der Waals surface area (Å²) in [5.74, 6) is -0.616. The lowest BCUT2D eigenvalue weighted by Gasteiger charge is -2.32. The Labute approximate surface area is 226 Å². The van der Waals surface area contributed by atoms with Crippen LogP contribution in [0.2, 0.25) is 10.0 Å². The summed E-state index contributed by atoms with van der Waals surface area (Å²) in [4.78, 5) is 28.8. The molecule has 0 saturated heterocycles. The van der Waals surface area contributed by atoms with Gasteiger partial charge in [0.25, 0.3) is 5.91 Å². The Bertz CT molecular complexity index is 1200. The van der Waals surface area contributed by atoms with Crippen LogP contribution in [0.4, 0.5) is 4.39 Å². The zero-order valence-electron chi connectivity index (χ0n) is 20.3. The largest absolute Gasteiger partial charge is 0.484 e.